The maximum absolute atomic E-state index is 4.57. The number of hydrogen-bond acceptors (Lipinski definition) is 0. The molecule has 1 rings (SSSR count). The first-order valence-corrected chi connectivity index (χ1v) is 12.1. The van der Waals surface area contributed by atoms with Crippen LogP contribution in [0.4, 0.5) is 0 Å². The number of rotatable bonds is 0. The van der Waals surface area contributed by atoms with E-state index in [0.29, 0.717) is 15.8 Å². The molecule has 0 unspecified atom stereocenters. The predicted molar refractivity (Wildman–Crippen MR) is 77.8 cm³/mol. The molecule has 0 aromatic heterocycles. The molecule has 0 aromatic carbocycles. The van der Waals surface area contributed by atoms with Gasteiger partial charge in [0.15, 0.2) is 0 Å². The topological polar surface area (TPSA) is 0 Å². The Kier molecular flexibility index (Phi) is 29.6. The van der Waals surface area contributed by atoms with Gasteiger partial charge < -0.3 is 0 Å². The first-order chi connectivity index (χ1) is 6.96. The zero-order chi connectivity index (χ0) is 12.7. The summed E-state index contributed by atoms with van der Waals surface area (Å²) >= 11 is 1.82. The summed E-state index contributed by atoms with van der Waals surface area (Å²) in [7, 11) is 5.33. The van der Waals surface area contributed by atoms with Crippen LogP contribution in [0.2, 0.25) is 0 Å². The second-order valence-corrected chi connectivity index (χ2v) is 9.01. The van der Waals surface area contributed by atoms with Crippen LogP contribution in [0.5, 0.6) is 0 Å². The molecular formula is C11H23ClP2Ru. The second-order valence-electron chi connectivity index (χ2n) is 3.65. The van der Waals surface area contributed by atoms with Gasteiger partial charge in [-0.05, 0) is 40.0 Å². The zero-order valence-electron chi connectivity index (χ0n) is 10.5. The summed E-state index contributed by atoms with van der Waals surface area (Å²) in [5, 5.41) is 0. The van der Waals surface area contributed by atoms with Gasteiger partial charge in [0.05, 0.1) is 0 Å². The summed E-state index contributed by atoms with van der Waals surface area (Å²) in [4.78, 5) is 0. The zero-order valence-corrected chi connectivity index (χ0v) is 14.8. The van der Waals surface area contributed by atoms with Gasteiger partial charge in [-0.1, -0.05) is 24.3 Å². The van der Waals surface area contributed by atoms with Gasteiger partial charge in [-0.15, -0.1) is 15.8 Å². The van der Waals surface area contributed by atoms with Crippen LogP contribution >= 0.6 is 25.5 Å². The Balaban J connectivity index is -0.000000135. The predicted octanol–water partition coefficient (Wildman–Crippen LogP) is 4.72. The molecule has 4 heteroatoms. The van der Waals surface area contributed by atoms with E-state index >= 15 is 0 Å². The summed E-state index contributed by atoms with van der Waals surface area (Å²) in [6.07, 6.45) is 10.0. The van der Waals surface area contributed by atoms with Crippen molar-refractivity contribution in [3.63, 3.8) is 0 Å². The van der Waals surface area contributed by atoms with Crippen molar-refractivity contribution in [3.8, 4) is 0 Å². The standard InChI is InChI=1S/C5H5.2C3H9P.ClH.Ru/c1-2-4-5-3-1;2*1-4(2)3;;/h1-5H;2*1-3H3;1H;/q;;;;+1/p-1. The third-order valence-corrected chi connectivity index (χ3v) is 0.556. The molecular weight excluding hydrogens is 331 g/mol. The van der Waals surface area contributed by atoms with Crippen molar-refractivity contribution in [3.05, 3.63) is 30.7 Å². The monoisotopic (exact) mass is 354 g/mol. The van der Waals surface area contributed by atoms with Crippen molar-refractivity contribution in [2.24, 2.45) is 0 Å². The summed E-state index contributed by atoms with van der Waals surface area (Å²) in [6, 6.07) is 0. The second kappa shape index (κ2) is 20.6. The summed E-state index contributed by atoms with van der Waals surface area (Å²) in [5.41, 5.74) is 0. The molecule has 1 radical (unpaired) electrons. The SMILES string of the molecule is CP(C)C.CP(C)C.[CH]1C=CC=C1.[Cl][Ru]. The van der Waals surface area contributed by atoms with Crippen LogP contribution in [0.3, 0.4) is 0 Å². The van der Waals surface area contributed by atoms with Crippen molar-refractivity contribution >= 4 is 25.5 Å². The van der Waals surface area contributed by atoms with Crippen LogP contribution in [0.1, 0.15) is 0 Å². The van der Waals surface area contributed by atoms with Gasteiger partial charge in [0, 0.05) is 6.42 Å². The van der Waals surface area contributed by atoms with Gasteiger partial charge in [-0.2, -0.15) is 0 Å². The number of allylic oxidation sites excluding steroid dienone is 4. The maximum atomic E-state index is 4.57. The van der Waals surface area contributed by atoms with Gasteiger partial charge >= 0.3 is 27.0 Å². The third-order valence-electron chi connectivity index (χ3n) is 0.556. The molecule has 0 aromatic rings. The van der Waals surface area contributed by atoms with Crippen LogP contribution in [0.15, 0.2) is 24.3 Å². The molecule has 0 amide bonds. The molecule has 0 spiro atoms. The Morgan fingerprint density at radius 1 is 0.667 bits per heavy atom. The van der Waals surface area contributed by atoms with E-state index in [2.05, 4.69) is 49.7 Å². The molecule has 0 atom stereocenters. The number of halogens is 1. The van der Waals surface area contributed by atoms with Gasteiger partial charge in [-0.3, -0.25) is 0 Å². The number of hydrogen-bond donors (Lipinski definition) is 0. The van der Waals surface area contributed by atoms with E-state index < -0.39 is 0 Å². The van der Waals surface area contributed by atoms with Crippen molar-refractivity contribution in [2.45, 2.75) is 0 Å². The Hall–Kier alpha value is 1.25. The van der Waals surface area contributed by atoms with Crippen LogP contribution in [0.25, 0.3) is 0 Å². The molecule has 92 valence electrons. The van der Waals surface area contributed by atoms with Crippen molar-refractivity contribution < 1.29 is 17.3 Å². The van der Waals surface area contributed by atoms with Crippen LogP contribution in [-0.4, -0.2) is 40.0 Å². The fraction of sp³-hybridized carbons (Fsp3) is 0.545. The molecule has 15 heavy (non-hydrogen) atoms. The molecule has 1 aliphatic carbocycles. The van der Waals surface area contributed by atoms with Gasteiger partial charge in [0.1, 0.15) is 0 Å². The summed E-state index contributed by atoms with van der Waals surface area (Å²) in [6.45, 7) is 13.4. The van der Waals surface area contributed by atoms with E-state index in [-0.39, 0.29) is 0 Å². The first-order valence-electron chi connectivity index (χ1n) is 4.48. The third kappa shape index (κ3) is 68.5. The quantitative estimate of drug-likeness (QED) is 0.436. The van der Waals surface area contributed by atoms with Gasteiger partial charge in [0.25, 0.3) is 0 Å². The molecule has 0 N–H and O–H groups in total. The Labute approximate surface area is 113 Å². The molecule has 0 fully saturated rings. The van der Waals surface area contributed by atoms with Gasteiger partial charge in [-0.25, -0.2) is 0 Å². The summed E-state index contributed by atoms with van der Waals surface area (Å²) < 4.78 is 0. The molecule has 1 aliphatic rings. The molecule has 0 saturated carbocycles. The fourth-order valence-corrected chi connectivity index (χ4v) is 0.321. The Morgan fingerprint density at radius 3 is 0.933 bits per heavy atom. The fourth-order valence-electron chi connectivity index (χ4n) is 0.321. The Bertz CT molecular complexity index is 124. The van der Waals surface area contributed by atoms with E-state index in [4.69, 9.17) is 0 Å². The average Bonchev–Trinajstić information content (AvgIpc) is 2.61. The molecule has 0 saturated heterocycles. The minimum absolute atomic E-state index is 0.380. The first kappa shape index (κ1) is 21.5. The van der Waals surface area contributed by atoms with E-state index in [1.165, 1.54) is 0 Å². The molecule has 0 bridgehead atoms. The van der Waals surface area contributed by atoms with Crippen LogP contribution < -0.4 is 0 Å². The average molecular weight is 354 g/mol. The van der Waals surface area contributed by atoms with Gasteiger partial charge in [0.2, 0.25) is 0 Å². The van der Waals surface area contributed by atoms with Crippen LogP contribution in [-0.2, 0) is 17.3 Å². The van der Waals surface area contributed by atoms with Crippen molar-refractivity contribution in [1.82, 2.24) is 0 Å². The summed E-state index contributed by atoms with van der Waals surface area (Å²) in [5.74, 6) is 0. The molecule has 0 nitrogen and oxygen atoms in total. The van der Waals surface area contributed by atoms with E-state index in [0.717, 1.165) is 0 Å². The van der Waals surface area contributed by atoms with E-state index in [9.17, 15) is 0 Å². The van der Waals surface area contributed by atoms with Crippen LogP contribution in [0, 0.1) is 6.42 Å². The van der Waals surface area contributed by atoms with E-state index in [1.807, 2.05) is 48.0 Å². The van der Waals surface area contributed by atoms with E-state index in [1.54, 1.807) is 0 Å². The normalized spacial score (nSPS) is 11.1. The van der Waals surface area contributed by atoms with Crippen molar-refractivity contribution in [1.29, 1.82) is 0 Å². The Morgan fingerprint density at radius 2 is 0.867 bits per heavy atom. The molecule has 0 aliphatic heterocycles. The minimum atomic E-state index is 0.380. The van der Waals surface area contributed by atoms with Crippen molar-refractivity contribution in [2.75, 3.05) is 40.0 Å². The molecule has 0 heterocycles.